The van der Waals surface area contributed by atoms with Crippen LogP contribution in [0.15, 0.2) is 12.4 Å². The smallest absolute Gasteiger partial charge is 0.0784 e. The number of hydrogen-bond acceptors (Lipinski definition) is 4. The number of hydrogen-bond donors (Lipinski definition) is 1. The summed E-state index contributed by atoms with van der Waals surface area (Å²) >= 11 is 0. The quantitative estimate of drug-likeness (QED) is 0.884. The minimum Gasteiger partial charge on any atom is -0.330 e. The van der Waals surface area contributed by atoms with E-state index in [4.69, 9.17) is 5.73 Å². The van der Waals surface area contributed by atoms with Crippen LogP contribution in [-0.2, 0) is 0 Å². The molecule has 3 atom stereocenters. The van der Waals surface area contributed by atoms with Gasteiger partial charge in [0.1, 0.15) is 0 Å². The summed E-state index contributed by atoms with van der Waals surface area (Å²) in [5.74, 6) is 0.634. The van der Waals surface area contributed by atoms with Crippen LogP contribution in [0.5, 0.6) is 0 Å². The molecular weight excluding hydrogens is 224 g/mol. The molecule has 1 aliphatic rings. The molecule has 100 valence electrons. The third kappa shape index (κ3) is 2.54. The predicted octanol–water partition coefficient (Wildman–Crippen LogP) is 1.91. The highest BCUT2D eigenvalue weighted by Gasteiger charge is 2.32. The highest BCUT2D eigenvalue weighted by atomic mass is 15.2. The van der Waals surface area contributed by atoms with Crippen LogP contribution in [0.2, 0.25) is 0 Å². The first-order valence-electron chi connectivity index (χ1n) is 6.84. The topological polar surface area (TPSA) is 55.0 Å². The average Bonchev–Trinajstić information content (AvgIpc) is 2.86. The van der Waals surface area contributed by atoms with E-state index >= 15 is 0 Å². The van der Waals surface area contributed by atoms with Crippen LogP contribution in [0.25, 0.3) is 0 Å². The van der Waals surface area contributed by atoms with Gasteiger partial charge in [-0.2, -0.15) is 0 Å². The second-order valence-corrected chi connectivity index (χ2v) is 5.36. The molecule has 0 spiro atoms. The van der Waals surface area contributed by atoms with Crippen molar-refractivity contribution in [3.8, 4) is 0 Å². The van der Waals surface area contributed by atoms with E-state index in [9.17, 15) is 0 Å². The summed E-state index contributed by atoms with van der Waals surface area (Å²) in [5, 5.41) is 0. The fourth-order valence-electron chi connectivity index (χ4n) is 3.14. The molecule has 4 heteroatoms. The predicted molar refractivity (Wildman–Crippen MR) is 73.1 cm³/mol. The first kappa shape index (κ1) is 13.4. The number of aromatic nitrogens is 2. The van der Waals surface area contributed by atoms with Crippen molar-refractivity contribution < 1.29 is 0 Å². The van der Waals surface area contributed by atoms with Gasteiger partial charge in [-0.05, 0) is 46.2 Å². The molecule has 3 unspecified atom stereocenters. The van der Waals surface area contributed by atoms with Gasteiger partial charge in [-0.15, -0.1) is 0 Å². The SMILES string of the molecule is Cc1nccnc1C(C)N(C)C1CCCC1CN. The molecule has 0 amide bonds. The monoisotopic (exact) mass is 248 g/mol. The van der Waals surface area contributed by atoms with E-state index in [1.165, 1.54) is 19.3 Å². The van der Waals surface area contributed by atoms with Crippen molar-refractivity contribution in [1.29, 1.82) is 0 Å². The van der Waals surface area contributed by atoms with Crippen LogP contribution in [0, 0.1) is 12.8 Å². The molecule has 0 radical (unpaired) electrons. The van der Waals surface area contributed by atoms with E-state index in [0.29, 0.717) is 18.0 Å². The molecule has 1 aromatic heterocycles. The Balaban J connectivity index is 2.13. The van der Waals surface area contributed by atoms with Crippen molar-refractivity contribution in [2.75, 3.05) is 13.6 Å². The second kappa shape index (κ2) is 5.76. The third-order valence-corrected chi connectivity index (χ3v) is 4.37. The summed E-state index contributed by atoms with van der Waals surface area (Å²) in [6.45, 7) is 5.03. The summed E-state index contributed by atoms with van der Waals surface area (Å²) in [5.41, 5.74) is 7.99. The van der Waals surface area contributed by atoms with Crippen molar-refractivity contribution >= 4 is 0 Å². The molecule has 1 aromatic rings. The molecule has 0 aliphatic heterocycles. The lowest BCUT2D eigenvalue weighted by atomic mass is 10.0. The number of rotatable bonds is 4. The minimum absolute atomic E-state index is 0.302. The van der Waals surface area contributed by atoms with Gasteiger partial charge < -0.3 is 5.73 Å². The lowest BCUT2D eigenvalue weighted by molar-refractivity contribution is 0.149. The molecular formula is C14H24N4. The first-order chi connectivity index (χ1) is 8.65. The summed E-state index contributed by atoms with van der Waals surface area (Å²) < 4.78 is 0. The van der Waals surface area contributed by atoms with Crippen molar-refractivity contribution in [2.24, 2.45) is 11.7 Å². The summed E-state index contributed by atoms with van der Waals surface area (Å²) in [6, 6.07) is 0.891. The van der Waals surface area contributed by atoms with Crippen molar-refractivity contribution in [2.45, 2.75) is 45.2 Å². The van der Waals surface area contributed by atoms with Gasteiger partial charge >= 0.3 is 0 Å². The Labute approximate surface area is 110 Å². The lowest BCUT2D eigenvalue weighted by Crippen LogP contribution is -2.39. The first-order valence-corrected chi connectivity index (χ1v) is 6.84. The van der Waals surface area contributed by atoms with E-state index in [2.05, 4.69) is 28.8 Å². The molecule has 2 rings (SSSR count). The molecule has 1 aliphatic carbocycles. The highest BCUT2D eigenvalue weighted by molar-refractivity contribution is 5.13. The molecule has 2 N–H and O–H groups in total. The van der Waals surface area contributed by atoms with E-state index < -0.39 is 0 Å². The average molecular weight is 248 g/mol. The summed E-state index contributed by atoms with van der Waals surface area (Å²) in [7, 11) is 2.19. The van der Waals surface area contributed by atoms with E-state index in [-0.39, 0.29) is 0 Å². The summed E-state index contributed by atoms with van der Waals surface area (Å²) in [4.78, 5) is 11.3. The molecule has 0 saturated heterocycles. The Morgan fingerprint density at radius 1 is 1.39 bits per heavy atom. The third-order valence-electron chi connectivity index (χ3n) is 4.37. The van der Waals surface area contributed by atoms with E-state index in [1.807, 2.05) is 6.92 Å². The van der Waals surface area contributed by atoms with Gasteiger partial charge in [0.25, 0.3) is 0 Å². The Kier molecular flexibility index (Phi) is 4.30. The second-order valence-electron chi connectivity index (χ2n) is 5.36. The maximum Gasteiger partial charge on any atom is 0.0784 e. The van der Waals surface area contributed by atoms with Gasteiger partial charge in [0.15, 0.2) is 0 Å². The molecule has 0 aromatic carbocycles. The Bertz CT molecular complexity index is 393. The van der Waals surface area contributed by atoms with Crippen molar-refractivity contribution in [3.05, 3.63) is 23.8 Å². The fourth-order valence-corrected chi connectivity index (χ4v) is 3.14. The molecule has 4 nitrogen and oxygen atoms in total. The molecule has 1 fully saturated rings. The van der Waals surface area contributed by atoms with Crippen LogP contribution in [0.3, 0.4) is 0 Å². The Morgan fingerprint density at radius 2 is 2.11 bits per heavy atom. The van der Waals surface area contributed by atoms with Gasteiger partial charge in [0, 0.05) is 18.4 Å². The molecule has 18 heavy (non-hydrogen) atoms. The number of aryl methyl sites for hydroxylation is 1. The number of nitrogens with zero attached hydrogens (tertiary/aromatic N) is 3. The maximum atomic E-state index is 5.88. The molecule has 0 bridgehead atoms. The lowest BCUT2D eigenvalue weighted by Gasteiger charge is -2.34. The standard InChI is InChI=1S/C14H24N4/c1-10-14(17-8-7-16-10)11(2)18(3)13-6-4-5-12(13)9-15/h7-8,11-13H,4-6,9,15H2,1-3H3. The summed E-state index contributed by atoms with van der Waals surface area (Å²) in [6.07, 6.45) is 7.34. The highest BCUT2D eigenvalue weighted by Crippen LogP contribution is 2.33. The number of nitrogens with two attached hydrogens (primary N) is 1. The van der Waals surface area contributed by atoms with Crippen LogP contribution in [-0.4, -0.2) is 34.5 Å². The van der Waals surface area contributed by atoms with Crippen LogP contribution >= 0.6 is 0 Å². The van der Waals surface area contributed by atoms with Crippen LogP contribution < -0.4 is 5.73 Å². The van der Waals surface area contributed by atoms with Gasteiger partial charge in [-0.25, -0.2) is 0 Å². The van der Waals surface area contributed by atoms with E-state index in [1.54, 1.807) is 12.4 Å². The molecule has 1 saturated carbocycles. The zero-order chi connectivity index (χ0) is 13.1. The minimum atomic E-state index is 0.302. The zero-order valence-corrected chi connectivity index (χ0v) is 11.6. The van der Waals surface area contributed by atoms with E-state index in [0.717, 1.165) is 17.9 Å². The normalized spacial score (nSPS) is 25.6. The van der Waals surface area contributed by atoms with Gasteiger partial charge in [-0.3, -0.25) is 14.9 Å². The fraction of sp³-hybridized carbons (Fsp3) is 0.714. The Hall–Kier alpha value is -1.00. The zero-order valence-electron chi connectivity index (χ0n) is 11.6. The van der Waals surface area contributed by atoms with Gasteiger partial charge in [0.05, 0.1) is 17.4 Å². The maximum absolute atomic E-state index is 5.88. The largest absolute Gasteiger partial charge is 0.330 e. The van der Waals surface area contributed by atoms with Crippen molar-refractivity contribution in [1.82, 2.24) is 14.9 Å². The molecule has 1 heterocycles. The van der Waals surface area contributed by atoms with Crippen LogP contribution in [0.1, 0.15) is 43.6 Å². The van der Waals surface area contributed by atoms with Crippen LogP contribution in [0.4, 0.5) is 0 Å². The van der Waals surface area contributed by atoms with Gasteiger partial charge in [0.2, 0.25) is 0 Å². The van der Waals surface area contributed by atoms with Gasteiger partial charge in [-0.1, -0.05) is 6.42 Å². The van der Waals surface area contributed by atoms with Crippen molar-refractivity contribution in [3.63, 3.8) is 0 Å². The Morgan fingerprint density at radius 3 is 2.78 bits per heavy atom.